The van der Waals surface area contributed by atoms with Crippen LogP contribution in [0.2, 0.25) is 0 Å². The van der Waals surface area contributed by atoms with Crippen molar-refractivity contribution in [3.63, 3.8) is 0 Å². The summed E-state index contributed by atoms with van der Waals surface area (Å²) >= 11 is 1.48. The highest BCUT2D eigenvalue weighted by Gasteiger charge is 2.26. The predicted molar refractivity (Wildman–Crippen MR) is 113 cm³/mol. The number of piperidine rings is 1. The van der Waals surface area contributed by atoms with Gasteiger partial charge in [0.1, 0.15) is 0 Å². The first kappa shape index (κ1) is 20.1. The first-order valence-electron chi connectivity index (χ1n) is 9.70. The minimum atomic E-state index is -3.50. The zero-order valence-electron chi connectivity index (χ0n) is 16.2. The molecule has 0 saturated carbocycles. The van der Waals surface area contributed by atoms with Gasteiger partial charge in [0.25, 0.3) is 5.22 Å². The molecule has 0 bridgehead atoms. The molecule has 0 radical (unpaired) electrons. The second-order valence-corrected chi connectivity index (χ2v) is 10.3. The van der Waals surface area contributed by atoms with E-state index in [-0.39, 0.29) is 10.1 Å². The van der Waals surface area contributed by atoms with Crippen LogP contribution in [0, 0.1) is 0 Å². The average molecular weight is 430 g/mol. The molecule has 2 heterocycles. The Labute approximate surface area is 175 Å². The molecule has 1 atom stereocenters. The molecule has 6 nitrogen and oxygen atoms in total. The molecule has 3 aromatic rings. The van der Waals surface area contributed by atoms with Crippen LogP contribution in [0.5, 0.6) is 0 Å². The molecule has 8 heteroatoms. The lowest BCUT2D eigenvalue weighted by atomic mass is 10.2. The molecule has 2 aromatic carbocycles. The molecule has 1 aliphatic rings. The summed E-state index contributed by atoms with van der Waals surface area (Å²) in [7, 11) is -3.50. The number of nitrogens with zero attached hydrogens (tertiary/aromatic N) is 3. The fourth-order valence-corrected chi connectivity index (χ4v) is 5.74. The largest absolute Gasteiger partial charge is 0.411 e. The Morgan fingerprint density at radius 1 is 1.00 bits per heavy atom. The van der Waals surface area contributed by atoms with E-state index in [0.29, 0.717) is 29.8 Å². The monoisotopic (exact) mass is 429 g/mol. The minimum Gasteiger partial charge on any atom is -0.411 e. The van der Waals surface area contributed by atoms with Crippen molar-refractivity contribution in [2.75, 3.05) is 13.1 Å². The lowest BCUT2D eigenvalue weighted by Crippen LogP contribution is -2.35. The van der Waals surface area contributed by atoms with E-state index in [1.165, 1.54) is 17.3 Å². The van der Waals surface area contributed by atoms with Crippen molar-refractivity contribution in [3.8, 4) is 11.5 Å². The van der Waals surface area contributed by atoms with Gasteiger partial charge in [-0.3, -0.25) is 0 Å². The van der Waals surface area contributed by atoms with Crippen molar-refractivity contribution in [2.24, 2.45) is 0 Å². The Bertz CT molecular complexity index is 1060. The molecule has 1 aromatic heterocycles. The number of sulfonamides is 1. The summed E-state index contributed by atoms with van der Waals surface area (Å²) in [6.45, 7) is 3.23. The first-order chi connectivity index (χ1) is 14.0. The van der Waals surface area contributed by atoms with Gasteiger partial charge in [0.05, 0.1) is 4.90 Å². The Hall–Kier alpha value is -2.16. The summed E-state index contributed by atoms with van der Waals surface area (Å²) in [4.78, 5) is 0.266. The average Bonchev–Trinajstić information content (AvgIpc) is 3.23. The third kappa shape index (κ3) is 4.55. The standard InChI is InChI=1S/C21H23N3O3S2/c1-16(17-9-4-2-5-10-17)28-21-23-22-20(27-21)18-11-8-12-19(15-18)29(25,26)24-13-6-3-7-14-24/h2,4-5,8-12,15-16H,3,6-7,13-14H2,1H3. The normalized spacial score (nSPS) is 16.6. The minimum absolute atomic E-state index is 0.162. The van der Waals surface area contributed by atoms with Crippen LogP contribution in [0.15, 0.2) is 69.1 Å². The molecule has 0 spiro atoms. The number of hydrogen-bond donors (Lipinski definition) is 0. The molecule has 152 valence electrons. The van der Waals surface area contributed by atoms with Crippen LogP contribution in [-0.4, -0.2) is 36.0 Å². The maximum absolute atomic E-state index is 12.9. The van der Waals surface area contributed by atoms with E-state index in [1.54, 1.807) is 28.6 Å². The van der Waals surface area contributed by atoms with E-state index in [1.807, 2.05) is 18.2 Å². The number of benzene rings is 2. The van der Waals surface area contributed by atoms with E-state index < -0.39 is 10.0 Å². The van der Waals surface area contributed by atoms with Gasteiger partial charge in [-0.2, -0.15) is 4.31 Å². The van der Waals surface area contributed by atoms with Crippen LogP contribution < -0.4 is 0 Å². The number of hydrogen-bond acceptors (Lipinski definition) is 6. The Balaban J connectivity index is 1.53. The van der Waals surface area contributed by atoms with E-state index in [9.17, 15) is 8.42 Å². The highest BCUT2D eigenvalue weighted by Crippen LogP contribution is 2.35. The van der Waals surface area contributed by atoms with Crippen LogP contribution in [0.4, 0.5) is 0 Å². The Morgan fingerprint density at radius 2 is 1.76 bits per heavy atom. The molecule has 1 saturated heterocycles. The molecule has 29 heavy (non-hydrogen) atoms. The van der Waals surface area contributed by atoms with Gasteiger partial charge in [0, 0.05) is 23.9 Å². The highest BCUT2D eigenvalue weighted by atomic mass is 32.2. The van der Waals surface area contributed by atoms with Crippen LogP contribution in [0.25, 0.3) is 11.5 Å². The number of thioether (sulfide) groups is 1. The summed E-state index contributed by atoms with van der Waals surface area (Å²) in [6, 6.07) is 16.8. The lowest BCUT2D eigenvalue weighted by molar-refractivity contribution is 0.346. The first-order valence-corrected chi connectivity index (χ1v) is 12.0. The topological polar surface area (TPSA) is 76.3 Å². The lowest BCUT2D eigenvalue weighted by Gasteiger charge is -2.25. The maximum atomic E-state index is 12.9. The van der Waals surface area contributed by atoms with Crippen molar-refractivity contribution in [1.82, 2.24) is 14.5 Å². The smallest absolute Gasteiger partial charge is 0.277 e. The van der Waals surface area contributed by atoms with Crippen LogP contribution in [0.3, 0.4) is 0 Å². The fraction of sp³-hybridized carbons (Fsp3) is 0.333. The SMILES string of the molecule is CC(Sc1nnc(-c2cccc(S(=O)(=O)N3CCCCC3)c2)o1)c1ccccc1. The second-order valence-electron chi connectivity index (χ2n) is 7.04. The van der Waals surface area contributed by atoms with Crippen LogP contribution >= 0.6 is 11.8 Å². The van der Waals surface area contributed by atoms with Crippen LogP contribution in [0.1, 0.15) is 37.0 Å². The summed E-state index contributed by atoms with van der Waals surface area (Å²) in [5.74, 6) is 0.323. The third-order valence-corrected chi connectivity index (χ3v) is 7.87. The quantitative estimate of drug-likeness (QED) is 0.526. The molecule has 1 unspecified atom stereocenters. The van der Waals surface area contributed by atoms with E-state index >= 15 is 0 Å². The highest BCUT2D eigenvalue weighted by molar-refractivity contribution is 7.99. The molecule has 0 N–H and O–H groups in total. The van der Waals surface area contributed by atoms with E-state index in [0.717, 1.165) is 19.3 Å². The zero-order valence-corrected chi connectivity index (χ0v) is 17.8. The van der Waals surface area contributed by atoms with Gasteiger partial charge < -0.3 is 4.42 Å². The molecule has 4 rings (SSSR count). The van der Waals surface area contributed by atoms with Gasteiger partial charge in [-0.15, -0.1) is 10.2 Å². The maximum Gasteiger partial charge on any atom is 0.277 e. The van der Waals surface area contributed by atoms with Gasteiger partial charge in [-0.1, -0.05) is 54.6 Å². The van der Waals surface area contributed by atoms with E-state index in [4.69, 9.17) is 4.42 Å². The number of rotatable bonds is 6. The summed E-state index contributed by atoms with van der Waals surface area (Å²) in [5.41, 5.74) is 1.78. The van der Waals surface area contributed by atoms with Crippen molar-refractivity contribution in [2.45, 2.75) is 41.6 Å². The molecule has 0 amide bonds. The van der Waals surface area contributed by atoms with Gasteiger partial charge in [0.15, 0.2) is 0 Å². The predicted octanol–water partition coefficient (Wildman–Crippen LogP) is 4.76. The second kappa shape index (κ2) is 8.69. The van der Waals surface area contributed by atoms with Gasteiger partial charge >= 0.3 is 0 Å². The fourth-order valence-electron chi connectivity index (χ4n) is 3.36. The summed E-state index contributed by atoms with van der Waals surface area (Å²) < 4.78 is 33.2. The van der Waals surface area contributed by atoms with Crippen molar-refractivity contribution >= 4 is 21.8 Å². The summed E-state index contributed by atoms with van der Waals surface area (Å²) in [5, 5.41) is 8.87. The third-order valence-electron chi connectivity index (χ3n) is 4.99. The molecular weight excluding hydrogens is 406 g/mol. The zero-order chi connectivity index (χ0) is 20.3. The van der Waals surface area contributed by atoms with Crippen molar-refractivity contribution in [1.29, 1.82) is 0 Å². The number of aromatic nitrogens is 2. The van der Waals surface area contributed by atoms with Crippen molar-refractivity contribution in [3.05, 3.63) is 60.2 Å². The molecular formula is C21H23N3O3S2. The van der Waals surface area contributed by atoms with Gasteiger partial charge in [-0.25, -0.2) is 8.42 Å². The van der Waals surface area contributed by atoms with Gasteiger partial charge in [-0.05, 0) is 43.5 Å². The van der Waals surface area contributed by atoms with Crippen molar-refractivity contribution < 1.29 is 12.8 Å². The van der Waals surface area contributed by atoms with Gasteiger partial charge in [0.2, 0.25) is 15.9 Å². The summed E-state index contributed by atoms with van der Waals surface area (Å²) in [6.07, 6.45) is 2.89. The van der Waals surface area contributed by atoms with E-state index in [2.05, 4.69) is 29.3 Å². The van der Waals surface area contributed by atoms with Crippen LogP contribution in [-0.2, 0) is 10.0 Å². The Morgan fingerprint density at radius 3 is 2.52 bits per heavy atom. The molecule has 0 aliphatic carbocycles. The molecule has 1 fully saturated rings. The Kier molecular flexibility index (Phi) is 6.03. The molecule has 1 aliphatic heterocycles.